The monoisotopic (exact) mass is 426 g/mol. The summed E-state index contributed by atoms with van der Waals surface area (Å²) in [6, 6.07) is 2.13. The second-order valence-corrected chi connectivity index (χ2v) is 5.73. The third-order valence-electron chi connectivity index (χ3n) is 3.07. The van der Waals surface area contributed by atoms with Crippen LogP contribution in [-0.2, 0) is 9.53 Å². The normalized spacial score (nSPS) is 11.0. The Kier molecular flexibility index (Phi) is 5.76. The van der Waals surface area contributed by atoms with Crippen LogP contribution in [0.2, 0.25) is 5.02 Å². The number of halogens is 5. The van der Waals surface area contributed by atoms with Gasteiger partial charge in [-0.05, 0) is 35.0 Å². The fourth-order valence-corrected chi connectivity index (χ4v) is 2.85. The predicted molar refractivity (Wildman–Crippen MR) is 83.8 cm³/mol. The van der Waals surface area contributed by atoms with E-state index in [-0.39, 0.29) is 32.5 Å². The second-order valence-electron chi connectivity index (χ2n) is 4.57. The second kappa shape index (κ2) is 7.43. The highest BCUT2D eigenvalue weighted by Gasteiger charge is 2.23. The largest absolute Gasteiger partial charge is 0.480 e. The number of hydrogen-bond acceptors (Lipinski definition) is 4. The van der Waals surface area contributed by atoms with Crippen molar-refractivity contribution in [2.75, 3.05) is 13.7 Å². The van der Waals surface area contributed by atoms with Crippen LogP contribution in [0.1, 0.15) is 12.4 Å². The third-order valence-corrected chi connectivity index (χ3v) is 4.13. The van der Waals surface area contributed by atoms with Gasteiger partial charge in [-0.2, -0.15) is 8.78 Å². The summed E-state index contributed by atoms with van der Waals surface area (Å²) in [6.07, 6.45) is 0. The summed E-state index contributed by atoms with van der Waals surface area (Å²) in [7, 11) is 1.18. The summed E-state index contributed by atoms with van der Waals surface area (Å²) in [6.45, 7) is -1.92. The summed E-state index contributed by atoms with van der Waals surface area (Å²) in [5.74, 6) is -1.44. The average Bonchev–Trinajstić information content (AvgIpc) is 2.80. The molecule has 10 heteroatoms. The van der Waals surface area contributed by atoms with Crippen LogP contribution < -0.4 is 4.74 Å². The van der Waals surface area contributed by atoms with Crippen molar-refractivity contribution in [3.05, 3.63) is 33.4 Å². The first-order valence-electron chi connectivity index (χ1n) is 6.47. The lowest BCUT2D eigenvalue weighted by molar-refractivity contribution is -0.142. The zero-order valence-electron chi connectivity index (χ0n) is 12.4. The molecule has 0 bridgehead atoms. The number of aromatic nitrogens is 2. The van der Waals surface area contributed by atoms with E-state index in [1.54, 1.807) is 0 Å². The molecule has 0 spiro atoms. The van der Waals surface area contributed by atoms with Crippen molar-refractivity contribution in [3.8, 4) is 17.0 Å². The van der Waals surface area contributed by atoms with Crippen LogP contribution in [0.25, 0.3) is 11.3 Å². The molecule has 0 fully saturated rings. The van der Waals surface area contributed by atoms with Crippen molar-refractivity contribution >= 4 is 33.5 Å². The molecular weight excluding hydrogens is 417 g/mol. The molecule has 5 nitrogen and oxygen atoms in total. The van der Waals surface area contributed by atoms with E-state index in [2.05, 4.69) is 25.7 Å². The fourth-order valence-electron chi connectivity index (χ4n) is 1.93. The Morgan fingerprint density at radius 1 is 1.46 bits per heavy atom. The topological polar surface area (TPSA) is 53.4 Å². The van der Waals surface area contributed by atoms with Gasteiger partial charge < -0.3 is 9.47 Å². The van der Waals surface area contributed by atoms with Gasteiger partial charge >= 0.3 is 12.5 Å². The molecule has 0 aliphatic carbocycles. The maximum absolute atomic E-state index is 14.2. The van der Waals surface area contributed by atoms with Crippen molar-refractivity contribution in [2.24, 2.45) is 0 Å². The highest BCUT2D eigenvalue weighted by atomic mass is 79.9. The average molecular weight is 428 g/mol. The zero-order valence-corrected chi connectivity index (χ0v) is 14.8. The van der Waals surface area contributed by atoms with Crippen molar-refractivity contribution < 1.29 is 27.4 Å². The van der Waals surface area contributed by atoms with Crippen LogP contribution in [0.3, 0.4) is 0 Å². The Hall–Kier alpha value is -1.74. The number of benzene rings is 1. The minimum atomic E-state index is -2.84. The highest BCUT2D eigenvalue weighted by Crippen LogP contribution is 2.37. The quantitative estimate of drug-likeness (QED) is 0.666. The minimum absolute atomic E-state index is 0.00162. The molecule has 0 aliphatic heterocycles. The van der Waals surface area contributed by atoms with Crippen molar-refractivity contribution in [3.63, 3.8) is 0 Å². The third kappa shape index (κ3) is 3.67. The van der Waals surface area contributed by atoms with Crippen molar-refractivity contribution in [1.82, 2.24) is 9.55 Å². The summed E-state index contributed by atoms with van der Waals surface area (Å²) in [4.78, 5) is 15.1. The molecule has 0 atom stereocenters. The molecule has 24 heavy (non-hydrogen) atoms. The van der Waals surface area contributed by atoms with Gasteiger partial charge in [0.1, 0.15) is 27.7 Å². The molecule has 0 saturated carbocycles. The number of methoxy groups -OCH3 is 1. The highest BCUT2D eigenvalue weighted by molar-refractivity contribution is 9.10. The minimum Gasteiger partial charge on any atom is -0.480 e. The molecule has 2 rings (SSSR count). The number of carbonyl (C=O) groups excluding carboxylic acids is 1. The molecule has 2 aromatic rings. The van der Waals surface area contributed by atoms with Gasteiger partial charge in [-0.15, -0.1) is 0 Å². The van der Waals surface area contributed by atoms with E-state index in [9.17, 15) is 18.0 Å². The Balaban J connectivity index is 2.48. The Bertz CT molecular complexity index is 783. The Morgan fingerprint density at radius 2 is 2.12 bits per heavy atom. The number of nitrogens with zero attached hydrogens (tertiary/aromatic N) is 2. The van der Waals surface area contributed by atoms with Gasteiger partial charge in [0.25, 0.3) is 0 Å². The molecule has 1 aromatic carbocycles. The molecule has 0 amide bonds. The number of aryl methyl sites for hydroxylation is 1. The lowest BCUT2D eigenvalue weighted by Crippen LogP contribution is -2.12. The number of imidazole rings is 1. The number of alkyl halides is 2. The summed E-state index contributed by atoms with van der Waals surface area (Å²) < 4.78 is 50.3. The van der Waals surface area contributed by atoms with E-state index >= 15 is 0 Å². The van der Waals surface area contributed by atoms with Gasteiger partial charge in [-0.1, -0.05) is 11.6 Å². The predicted octanol–water partition coefficient (Wildman–Crippen LogP) is 4.36. The fraction of sp³-hybridized carbons (Fsp3) is 0.286. The van der Waals surface area contributed by atoms with Crippen LogP contribution in [0.15, 0.2) is 16.7 Å². The maximum Gasteiger partial charge on any atom is 0.343 e. The van der Waals surface area contributed by atoms with E-state index in [0.29, 0.717) is 4.57 Å². The van der Waals surface area contributed by atoms with Gasteiger partial charge in [0.05, 0.1) is 12.1 Å². The first-order valence-corrected chi connectivity index (χ1v) is 7.64. The molecule has 0 N–H and O–H groups in total. The Morgan fingerprint density at radius 3 is 2.67 bits per heavy atom. The van der Waals surface area contributed by atoms with Crippen molar-refractivity contribution in [1.29, 1.82) is 0 Å². The van der Waals surface area contributed by atoms with E-state index in [0.717, 1.165) is 6.07 Å². The SMILES string of the molecule is COC(=O)COc1cc(-c2nc(C)n(C(F)F)c2Br)c(F)cc1Cl. The molecule has 0 unspecified atom stereocenters. The number of esters is 1. The summed E-state index contributed by atoms with van der Waals surface area (Å²) >= 11 is 8.86. The molecule has 0 aliphatic rings. The van der Waals surface area contributed by atoms with Gasteiger partial charge in [0.2, 0.25) is 0 Å². The Labute approximate surface area is 148 Å². The number of carbonyl (C=O) groups is 1. The van der Waals surface area contributed by atoms with E-state index in [1.165, 1.54) is 20.1 Å². The molecular formula is C14H11BrClF3N2O3. The lowest BCUT2D eigenvalue weighted by Gasteiger charge is -2.10. The van der Waals surface area contributed by atoms with Crippen LogP contribution in [-0.4, -0.2) is 29.2 Å². The number of rotatable bonds is 5. The van der Waals surface area contributed by atoms with Crippen molar-refractivity contribution in [2.45, 2.75) is 13.5 Å². The molecule has 1 aromatic heterocycles. The van der Waals surface area contributed by atoms with Crippen LogP contribution in [0.5, 0.6) is 5.75 Å². The lowest BCUT2D eigenvalue weighted by atomic mass is 10.1. The molecule has 0 radical (unpaired) electrons. The van der Waals surface area contributed by atoms with Crippen LogP contribution in [0, 0.1) is 12.7 Å². The zero-order chi connectivity index (χ0) is 18.0. The smallest absolute Gasteiger partial charge is 0.343 e. The first kappa shape index (κ1) is 18.6. The standard InChI is InChI=1S/C14H11BrClF3N2O3/c1-6-20-12(13(15)21(6)14(18)19)7-3-10(8(16)4-9(7)17)24-5-11(22)23-2/h3-4,14H,5H2,1-2H3. The van der Waals surface area contributed by atoms with E-state index < -0.39 is 24.9 Å². The molecule has 130 valence electrons. The number of ether oxygens (including phenoxy) is 2. The van der Waals surface area contributed by atoms with Gasteiger partial charge in [-0.25, -0.2) is 14.2 Å². The van der Waals surface area contributed by atoms with Crippen LogP contribution in [0.4, 0.5) is 13.2 Å². The first-order chi connectivity index (χ1) is 11.3. The van der Waals surface area contributed by atoms with E-state index in [4.69, 9.17) is 16.3 Å². The van der Waals surface area contributed by atoms with Crippen LogP contribution >= 0.6 is 27.5 Å². The molecule has 0 saturated heterocycles. The maximum atomic E-state index is 14.2. The van der Waals surface area contributed by atoms with Gasteiger partial charge in [-0.3, -0.25) is 4.57 Å². The summed E-state index contributed by atoms with van der Waals surface area (Å²) in [5, 5.41) is -0.0821. The van der Waals surface area contributed by atoms with E-state index in [1.807, 2.05) is 0 Å². The molecule has 1 heterocycles. The number of hydrogen-bond donors (Lipinski definition) is 0. The van der Waals surface area contributed by atoms with Gasteiger partial charge in [0, 0.05) is 5.56 Å². The van der Waals surface area contributed by atoms with Gasteiger partial charge in [0.15, 0.2) is 6.61 Å². The summed E-state index contributed by atoms with van der Waals surface area (Å²) in [5.41, 5.74) is -0.140.